The molecule has 0 bridgehead atoms. The van der Waals surface area contributed by atoms with Crippen molar-refractivity contribution < 1.29 is 4.79 Å². The van der Waals surface area contributed by atoms with E-state index in [0.29, 0.717) is 25.6 Å². The first-order valence-corrected chi connectivity index (χ1v) is 7.30. The van der Waals surface area contributed by atoms with Crippen LogP contribution in [0.15, 0.2) is 35.1 Å². The maximum absolute atomic E-state index is 12.4. The summed E-state index contributed by atoms with van der Waals surface area (Å²) in [6.45, 7) is 3.58. The largest absolute Gasteiger partial charge is 0.350 e. The van der Waals surface area contributed by atoms with E-state index in [4.69, 9.17) is 0 Å². The van der Waals surface area contributed by atoms with Crippen LogP contribution < -0.4 is 15.8 Å². The lowest BCUT2D eigenvalue weighted by Crippen LogP contribution is -2.35. The van der Waals surface area contributed by atoms with Gasteiger partial charge in [-0.1, -0.05) is 25.1 Å². The van der Waals surface area contributed by atoms with E-state index in [1.165, 1.54) is 4.57 Å². The summed E-state index contributed by atoms with van der Waals surface area (Å²) in [7, 11) is 0. The van der Waals surface area contributed by atoms with Crippen LogP contribution in [0.3, 0.4) is 0 Å². The standard InChI is InChI=1S/C15H17N5O2/c1-2-8-16-13(21)12-14(22)20-10-9-19(15(20)18-17-12)11-6-4-3-5-7-11/h3-7H,2,8-10H2,1H3,(H,16,21). The van der Waals surface area contributed by atoms with Crippen LogP contribution >= 0.6 is 0 Å². The smallest absolute Gasteiger partial charge is 0.286 e. The highest BCUT2D eigenvalue weighted by Crippen LogP contribution is 2.25. The lowest BCUT2D eigenvalue weighted by atomic mass is 10.3. The summed E-state index contributed by atoms with van der Waals surface area (Å²) in [6, 6.07) is 9.68. The maximum atomic E-state index is 12.4. The number of hydrogen-bond acceptors (Lipinski definition) is 5. The minimum atomic E-state index is -0.465. The fraction of sp³-hybridized carbons (Fsp3) is 0.333. The van der Waals surface area contributed by atoms with Crippen molar-refractivity contribution in [3.63, 3.8) is 0 Å². The number of nitrogens with one attached hydrogen (secondary N) is 1. The van der Waals surface area contributed by atoms with Crippen LogP contribution in [0.25, 0.3) is 0 Å². The third-order valence-electron chi connectivity index (χ3n) is 3.54. The van der Waals surface area contributed by atoms with Gasteiger partial charge in [-0.15, -0.1) is 10.2 Å². The molecule has 1 aliphatic rings. The number of para-hydroxylation sites is 1. The zero-order chi connectivity index (χ0) is 15.5. The lowest BCUT2D eigenvalue weighted by molar-refractivity contribution is 0.0945. The van der Waals surface area contributed by atoms with Crippen molar-refractivity contribution in [1.29, 1.82) is 0 Å². The van der Waals surface area contributed by atoms with Crippen LogP contribution in [0.2, 0.25) is 0 Å². The van der Waals surface area contributed by atoms with Crippen LogP contribution in [-0.4, -0.2) is 33.8 Å². The van der Waals surface area contributed by atoms with E-state index in [9.17, 15) is 9.59 Å². The normalized spacial score (nSPS) is 13.0. The number of carbonyl (C=O) groups excluding carboxylic acids is 1. The van der Waals surface area contributed by atoms with Gasteiger partial charge in [-0.2, -0.15) is 0 Å². The molecule has 1 aliphatic heterocycles. The Hall–Kier alpha value is -2.70. The Bertz CT molecular complexity index is 741. The van der Waals surface area contributed by atoms with Crippen LogP contribution in [0.1, 0.15) is 23.8 Å². The summed E-state index contributed by atoms with van der Waals surface area (Å²) >= 11 is 0. The number of anilines is 2. The molecule has 0 aliphatic carbocycles. The number of hydrogen-bond donors (Lipinski definition) is 1. The summed E-state index contributed by atoms with van der Waals surface area (Å²) in [4.78, 5) is 26.3. The first-order valence-electron chi connectivity index (χ1n) is 7.30. The molecule has 0 saturated heterocycles. The molecule has 1 amide bonds. The van der Waals surface area contributed by atoms with Gasteiger partial charge in [0.1, 0.15) is 0 Å². The molecule has 2 heterocycles. The second-order valence-corrected chi connectivity index (χ2v) is 5.05. The monoisotopic (exact) mass is 299 g/mol. The van der Waals surface area contributed by atoms with Gasteiger partial charge in [-0.3, -0.25) is 14.2 Å². The Balaban J connectivity index is 1.94. The van der Waals surface area contributed by atoms with Crippen molar-refractivity contribution in [3.05, 3.63) is 46.4 Å². The third-order valence-corrected chi connectivity index (χ3v) is 3.54. The molecule has 7 nitrogen and oxygen atoms in total. The van der Waals surface area contributed by atoms with Crippen molar-refractivity contribution in [3.8, 4) is 0 Å². The minimum Gasteiger partial charge on any atom is -0.350 e. The van der Waals surface area contributed by atoms with Gasteiger partial charge in [-0.25, -0.2) is 0 Å². The lowest BCUT2D eigenvalue weighted by Gasteiger charge is -2.16. The van der Waals surface area contributed by atoms with Crippen molar-refractivity contribution in [1.82, 2.24) is 20.1 Å². The maximum Gasteiger partial charge on any atom is 0.286 e. The van der Waals surface area contributed by atoms with Gasteiger partial charge in [0.2, 0.25) is 11.6 Å². The molecule has 1 aromatic carbocycles. The summed E-state index contributed by atoms with van der Waals surface area (Å²) in [5.41, 5.74) is 0.412. The number of rotatable bonds is 4. The number of carbonyl (C=O) groups is 1. The first kappa shape index (κ1) is 14.2. The Morgan fingerprint density at radius 2 is 2.00 bits per heavy atom. The molecular formula is C15H17N5O2. The van der Waals surface area contributed by atoms with Crippen molar-refractivity contribution in [2.24, 2.45) is 0 Å². The third kappa shape index (κ3) is 2.45. The Morgan fingerprint density at radius 3 is 2.73 bits per heavy atom. The fourth-order valence-corrected chi connectivity index (χ4v) is 2.43. The van der Waals surface area contributed by atoms with Crippen LogP contribution in [0.4, 0.5) is 11.6 Å². The van der Waals surface area contributed by atoms with Gasteiger partial charge >= 0.3 is 0 Å². The molecule has 0 radical (unpaired) electrons. The van der Waals surface area contributed by atoms with E-state index in [1.807, 2.05) is 42.2 Å². The molecule has 2 aromatic rings. The Labute approximate surface area is 127 Å². The number of fused-ring (bicyclic) bond motifs is 1. The van der Waals surface area contributed by atoms with Crippen molar-refractivity contribution >= 4 is 17.5 Å². The van der Waals surface area contributed by atoms with Gasteiger partial charge in [0.15, 0.2) is 0 Å². The van der Waals surface area contributed by atoms with E-state index in [0.717, 1.165) is 12.1 Å². The summed E-state index contributed by atoms with van der Waals surface area (Å²) < 4.78 is 1.50. The van der Waals surface area contributed by atoms with Gasteiger partial charge in [0, 0.05) is 25.3 Å². The van der Waals surface area contributed by atoms with Gasteiger partial charge < -0.3 is 10.2 Å². The summed E-state index contributed by atoms with van der Waals surface area (Å²) in [5, 5.41) is 10.6. The first-order chi connectivity index (χ1) is 10.7. The minimum absolute atomic E-state index is 0.146. The SMILES string of the molecule is CCCNC(=O)c1nnc2n(c1=O)CCN2c1ccccc1. The average Bonchev–Trinajstić information content (AvgIpc) is 2.98. The number of benzene rings is 1. The fourth-order valence-electron chi connectivity index (χ4n) is 2.43. The predicted octanol–water partition coefficient (Wildman–Crippen LogP) is 0.930. The van der Waals surface area contributed by atoms with E-state index >= 15 is 0 Å². The molecule has 0 fully saturated rings. The molecule has 0 unspecified atom stereocenters. The number of aromatic nitrogens is 3. The number of amides is 1. The quantitative estimate of drug-likeness (QED) is 0.908. The number of nitrogens with zero attached hydrogens (tertiary/aromatic N) is 4. The van der Waals surface area contributed by atoms with E-state index in [1.54, 1.807) is 0 Å². The predicted molar refractivity (Wildman–Crippen MR) is 82.4 cm³/mol. The zero-order valence-corrected chi connectivity index (χ0v) is 12.3. The molecule has 3 rings (SSSR count). The zero-order valence-electron chi connectivity index (χ0n) is 12.3. The van der Waals surface area contributed by atoms with Crippen LogP contribution in [0.5, 0.6) is 0 Å². The highest BCUT2D eigenvalue weighted by molar-refractivity contribution is 5.91. The highest BCUT2D eigenvalue weighted by Gasteiger charge is 2.26. The molecule has 114 valence electrons. The van der Waals surface area contributed by atoms with Crippen molar-refractivity contribution in [2.75, 3.05) is 18.0 Å². The van der Waals surface area contributed by atoms with Crippen molar-refractivity contribution in [2.45, 2.75) is 19.9 Å². The molecule has 22 heavy (non-hydrogen) atoms. The summed E-state index contributed by atoms with van der Waals surface area (Å²) in [5.74, 6) is 0.0102. The summed E-state index contributed by atoms with van der Waals surface area (Å²) in [6.07, 6.45) is 0.799. The van der Waals surface area contributed by atoms with E-state index in [-0.39, 0.29) is 5.69 Å². The van der Waals surface area contributed by atoms with E-state index < -0.39 is 11.5 Å². The highest BCUT2D eigenvalue weighted by atomic mass is 16.2. The molecule has 0 saturated carbocycles. The van der Waals surface area contributed by atoms with Gasteiger partial charge in [-0.05, 0) is 18.6 Å². The van der Waals surface area contributed by atoms with Gasteiger partial charge in [0.05, 0.1) is 0 Å². The Morgan fingerprint density at radius 1 is 1.23 bits per heavy atom. The second kappa shape index (κ2) is 5.97. The second-order valence-electron chi connectivity index (χ2n) is 5.05. The topological polar surface area (TPSA) is 80.1 Å². The molecular weight excluding hydrogens is 282 g/mol. The molecule has 0 spiro atoms. The Kier molecular flexibility index (Phi) is 3.86. The molecule has 1 N–H and O–H groups in total. The molecule has 0 atom stereocenters. The molecule has 7 heteroatoms. The van der Waals surface area contributed by atoms with Crippen LogP contribution in [0, 0.1) is 0 Å². The average molecular weight is 299 g/mol. The molecule has 1 aromatic heterocycles. The van der Waals surface area contributed by atoms with Crippen LogP contribution in [-0.2, 0) is 6.54 Å². The van der Waals surface area contributed by atoms with E-state index in [2.05, 4.69) is 15.5 Å². The van der Waals surface area contributed by atoms with Gasteiger partial charge in [0.25, 0.3) is 11.5 Å².